The number of methoxy groups -OCH3 is 2. The van der Waals surface area contributed by atoms with Crippen LogP contribution in [0.25, 0.3) is 10.9 Å². The Morgan fingerprint density at radius 1 is 1.12 bits per heavy atom. The third kappa shape index (κ3) is 3.04. The van der Waals surface area contributed by atoms with Crippen LogP contribution < -0.4 is 15.0 Å². The van der Waals surface area contributed by atoms with Gasteiger partial charge in [0.1, 0.15) is 5.82 Å². The van der Waals surface area contributed by atoms with Gasteiger partial charge in [-0.25, -0.2) is 4.98 Å². The minimum absolute atomic E-state index is 0.164. The highest BCUT2D eigenvalue weighted by Gasteiger charge is 2.17. The van der Waals surface area contributed by atoms with E-state index in [0.717, 1.165) is 19.5 Å². The van der Waals surface area contributed by atoms with E-state index >= 15 is 0 Å². The topological polar surface area (TPSA) is 67.5 Å². The van der Waals surface area contributed by atoms with Crippen LogP contribution in [0.4, 0.5) is 0 Å². The van der Waals surface area contributed by atoms with E-state index in [1.165, 1.54) is 11.1 Å². The Bertz CT molecular complexity index is 1010. The van der Waals surface area contributed by atoms with Crippen LogP contribution >= 0.6 is 0 Å². The molecule has 0 spiro atoms. The number of rotatable bonds is 4. The molecule has 0 fully saturated rings. The molecule has 4 rings (SSSR count). The summed E-state index contributed by atoms with van der Waals surface area (Å²) < 4.78 is 10.6. The van der Waals surface area contributed by atoms with Gasteiger partial charge in [0.05, 0.1) is 31.7 Å². The maximum atomic E-state index is 12.5. The SMILES string of the molecule is COc1cc2nc(CN3CCc4ccccc4C3)[nH]c(=O)c2cc1OC. The molecule has 26 heavy (non-hydrogen) atoms. The van der Waals surface area contributed by atoms with Crippen LogP contribution in [-0.4, -0.2) is 35.6 Å². The van der Waals surface area contributed by atoms with Crippen molar-refractivity contribution in [2.24, 2.45) is 0 Å². The summed E-state index contributed by atoms with van der Waals surface area (Å²) in [6, 6.07) is 11.9. The number of H-pyrrole nitrogens is 1. The van der Waals surface area contributed by atoms with Crippen molar-refractivity contribution in [1.29, 1.82) is 0 Å². The fourth-order valence-corrected chi connectivity index (χ4v) is 3.49. The van der Waals surface area contributed by atoms with Crippen LogP contribution in [0.2, 0.25) is 0 Å². The smallest absolute Gasteiger partial charge is 0.258 e. The molecule has 1 aliphatic rings. The molecule has 0 atom stereocenters. The van der Waals surface area contributed by atoms with Crippen LogP contribution in [0.1, 0.15) is 17.0 Å². The van der Waals surface area contributed by atoms with Crippen molar-refractivity contribution in [2.45, 2.75) is 19.5 Å². The van der Waals surface area contributed by atoms with Gasteiger partial charge in [0.2, 0.25) is 0 Å². The predicted octanol–water partition coefficient (Wildman–Crippen LogP) is 2.50. The maximum absolute atomic E-state index is 12.5. The summed E-state index contributed by atoms with van der Waals surface area (Å²) in [6.45, 7) is 2.42. The molecule has 134 valence electrons. The van der Waals surface area contributed by atoms with Gasteiger partial charge in [-0.1, -0.05) is 24.3 Å². The highest BCUT2D eigenvalue weighted by molar-refractivity contribution is 5.81. The molecule has 0 aliphatic carbocycles. The Labute approximate surface area is 151 Å². The van der Waals surface area contributed by atoms with E-state index in [4.69, 9.17) is 9.47 Å². The number of nitrogens with one attached hydrogen (secondary N) is 1. The molecule has 2 aromatic carbocycles. The fraction of sp³-hybridized carbons (Fsp3) is 0.300. The Morgan fingerprint density at radius 3 is 2.62 bits per heavy atom. The summed E-state index contributed by atoms with van der Waals surface area (Å²) in [5.74, 6) is 1.75. The zero-order chi connectivity index (χ0) is 18.1. The van der Waals surface area contributed by atoms with Gasteiger partial charge in [-0.3, -0.25) is 9.69 Å². The normalized spacial score (nSPS) is 14.2. The quantitative estimate of drug-likeness (QED) is 0.782. The summed E-state index contributed by atoms with van der Waals surface area (Å²) in [6.07, 6.45) is 1.01. The summed E-state index contributed by atoms with van der Waals surface area (Å²) in [4.78, 5) is 22.3. The third-order valence-electron chi connectivity index (χ3n) is 4.84. The summed E-state index contributed by atoms with van der Waals surface area (Å²) in [5.41, 5.74) is 3.19. The van der Waals surface area contributed by atoms with Crippen LogP contribution in [0.3, 0.4) is 0 Å². The van der Waals surface area contributed by atoms with Crippen LogP contribution in [-0.2, 0) is 19.5 Å². The van der Waals surface area contributed by atoms with E-state index in [-0.39, 0.29) is 5.56 Å². The minimum atomic E-state index is -0.164. The van der Waals surface area contributed by atoms with Crippen molar-refractivity contribution in [3.63, 3.8) is 0 Å². The molecule has 1 N–H and O–H groups in total. The van der Waals surface area contributed by atoms with Gasteiger partial charge in [-0.2, -0.15) is 0 Å². The highest BCUT2D eigenvalue weighted by atomic mass is 16.5. The largest absolute Gasteiger partial charge is 0.493 e. The first-order valence-electron chi connectivity index (χ1n) is 8.62. The highest BCUT2D eigenvalue weighted by Crippen LogP contribution is 2.30. The van der Waals surface area contributed by atoms with Gasteiger partial charge < -0.3 is 14.5 Å². The van der Waals surface area contributed by atoms with E-state index in [9.17, 15) is 4.79 Å². The summed E-state index contributed by atoms with van der Waals surface area (Å²) in [7, 11) is 3.12. The fourth-order valence-electron chi connectivity index (χ4n) is 3.49. The first-order chi connectivity index (χ1) is 12.7. The van der Waals surface area contributed by atoms with E-state index in [1.807, 2.05) is 0 Å². The molecular weight excluding hydrogens is 330 g/mol. The van der Waals surface area contributed by atoms with E-state index in [0.29, 0.717) is 34.8 Å². The molecule has 3 aromatic rings. The Morgan fingerprint density at radius 2 is 1.85 bits per heavy atom. The van der Waals surface area contributed by atoms with Crippen molar-refractivity contribution >= 4 is 10.9 Å². The zero-order valence-electron chi connectivity index (χ0n) is 14.9. The van der Waals surface area contributed by atoms with E-state index in [2.05, 4.69) is 39.1 Å². The summed E-state index contributed by atoms with van der Waals surface area (Å²) >= 11 is 0. The number of nitrogens with zero attached hydrogens (tertiary/aromatic N) is 2. The second-order valence-corrected chi connectivity index (χ2v) is 6.47. The first kappa shape index (κ1) is 16.6. The Hall–Kier alpha value is -2.86. The monoisotopic (exact) mass is 351 g/mol. The molecule has 1 aliphatic heterocycles. The maximum Gasteiger partial charge on any atom is 0.258 e. The first-order valence-corrected chi connectivity index (χ1v) is 8.62. The molecule has 0 radical (unpaired) electrons. The molecule has 1 aromatic heterocycles. The molecule has 0 saturated carbocycles. The van der Waals surface area contributed by atoms with Gasteiger partial charge in [-0.15, -0.1) is 0 Å². The van der Waals surface area contributed by atoms with Gasteiger partial charge in [0, 0.05) is 19.2 Å². The number of aromatic nitrogens is 2. The molecule has 6 heteroatoms. The standard InChI is InChI=1S/C20H21N3O3/c1-25-17-9-15-16(10-18(17)26-2)21-19(22-20(15)24)12-23-8-7-13-5-3-4-6-14(13)11-23/h3-6,9-10H,7-8,11-12H2,1-2H3,(H,21,22,24). The number of aromatic amines is 1. The second-order valence-electron chi connectivity index (χ2n) is 6.47. The predicted molar refractivity (Wildman–Crippen MR) is 99.7 cm³/mol. The van der Waals surface area contributed by atoms with Crippen molar-refractivity contribution in [2.75, 3.05) is 20.8 Å². The summed E-state index contributed by atoms with van der Waals surface area (Å²) in [5, 5.41) is 0.496. The molecule has 0 unspecified atom stereocenters. The second kappa shape index (κ2) is 6.80. The van der Waals surface area contributed by atoms with Crippen molar-refractivity contribution in [1.82, 2.24) is 14.9 Å². The number of hydrogen-bond acceptors (Lipinski definition) is 5. The Balaban J connectivity index is 1.64. The van der Waals surface area contributed by atoms with Crippen molar-refractivity contribution in [3.8, 4) is 11.5 Å². The third-order valence-corrected chi connectivity index (χ3v) is 4.84. The molecule has 2 heterocycles. The van der Waals surface area contributed by atoms with E-state index < -0.39 is 0 Å². The molecule has 0 bridgehead atoms. The number of hydrogen-bond donors (Lipinski definition) is 1. The lowest BCUT2D eigenvalue weighted by atomic mass is 10.00. The number of fused-ring (bicyclic) bond motifs is 2. The lowest BCUT2D eigenvalue weighted by molar-refractivity contribution is 0.239. The van der Waals surface area contributed by atoms with Crippen LogP contribution in [0.5, 0.6) is 11.5 Å². The van der Waals surface area contributed by atoms with E-state index in [1.54, 1.807) is 26.4 Å². The molecular formula is C20H21N3O3. The lowest BCUT2D eigenvalue weighted by Gasteiger charge is -2.28. The molecule has 0 saturated heterocycles. The van der Waals surface area contributed by atoms with Crippen molar-refractivity contribution in [3.05, 3.63) is 63.7 Å². The Kier molecular flexibility index (Phi) is 4.34. The number of benzene rings is 2. The van der Waals surface area contributed by atoms with Gasteiger partial charge in [0.15, 0.2) is 11.5 Å². The molecule has 0 amide bonds. The minimum Gasteiger partial charge on any atom is -0.493 e. The average Bonchev–Trinajstić information content (AvgIpc) is 2.67. The van der Waals surface area contributed by atoms with Crippen molar-refractivity contribution < 1.29 is 9.47 Å². The van der Waals surface area contributed by atoms with Crippen LogP contribution in [0, 0.1) is 0 Å². The van der Waals surface area contributed by atoms with Gasteiger partial charge >= 0.3 is 0 Å². The molecule has 6 nitrogen and oxygen atoms in total. The average molecular weight is 351 g/mol. The van der Waals surface area contributed by atoms with Gasteiger partial charge in [-0.05, 0) is 23.6 Å². The zero-order valence-corrected chi connectivity index (χ0v) is 14.9. The van der Waals surface area contributed by atoms with Crippen LogP contribution in [0.15, 0.2) is 41.2 Å². The van der Waals surface area contributed by atoms with Gasteiger partial charge in [0.25, 0.3) is 5.56 Å². The number of ether oxygens (including phenoxy) is 2. The lowest BCUT2D eigenvalue weighted by Crippen LogP contribution is -2.31.